The molecule has 0 bridgehead atoms. The number of halogens is 2. The summed E-state index contributed by atoms with van der Waals surface area (Å²) in [5, 5.41) is 3.31. The van der Waals surface area contributed by atoms with Crippen LogP contribution in [0.15, 0.2) is 42.5 Å². The third kappa shape index (κ3) is 3.61. The smallest absolute Gasteiger partial charge is 0.123 e. The molecule has 0 unspecified atom stereocenters. The minimum atomic E-state index is -0.239. The Bertz CT molecular complexity index is 549. The fraction of sp³-hybridized carbons (Fsp3) is 0.250. The van der Waals surface area contributed by atoms with Crippen molar-refractivity contribution in [3.63, 3.8) is 0 Å². The maximum Gasteiger partial charge on any atom is 0.123 e. The summed E-state index contributed by atoms with van der Waals surface area (Å²) in [7, 11) is 0. The van der Waals surface area contributed by atoms with Gasteiger partial charge in [0.1, 0.15) is 11.6 Å². The van der Waals surface area contributed by atoms with E-state index in [-0.39, 0.29) is 17.7 Å². The summed E-state index contributed by atoms with van der Waals surface area (Å²) >= 11 is 0. The zero-order chi connectivity index (χ0) is 13.8. The first-order chi connectivity index (χ1) is 9.06. The second-order valence-corrected chi connectivity index (χ2v) is 4.72. The molecule has 100 valence electrons. The first-order valence-corrected chi connectivity index (χ1v) is 6.30. The molecular formula is C16H17F2N. The van der Waals surface area contributed by atoms with E-state index in [1.54, 1.807) is 24.3 Å². The third-order valence-electron chi connectivity index (χ3n) is 3.28. The predicted octanol–water partition coefficient (Wildman–Crippen LogP) is 4.12. The van der Waals surface area contributed by atoms with Gasteiger partial charge in [-0.05, 0) is 54.8 Å². The topological polar surface area (TPSA) is 12.0 Å². The van der Waals surface area contributed by atoms with Gasteiger partial charge in [-0.25, -0.2) is 8.78 Å². The number of aryl methyl sites for hydroxylation is 1. The van der Waals surface area contributed by atoms with Gasteiger partial charge < -0.3 is 5.32 Å². The first kappa shape index (κ1) is 13.7. The molecule has 0 aliphatic heterocycles. The van der Waals surface area contributed by atoms with Crippen LogP contribution in [0.2, 0.25) is 0 Å². The van der Waals surface area contributed by atoms with E-state index in [4.69, 9.17) is 0 Å². The molecule has 1 N–H and O–H groups in total. The predicted molar refractivity (Wildman–Crippen MR) is 72.8 cm³/mol. The summed E-state index contributed by atoms with van der Waals surface area (Å²) in [4.78, 5) is 0. The van der Waals surface area contributed by atoms with Crippen LogP contribution in [-0.4, -0.2) is 0 Å². The normalized spacial score (nSPS) is 12.4. The molecule has 1 atom stereocenters. The number of nitrogens with one attached hydrogen (secondary N) is 1. The summed E-state index contributed by atoms with van der Waals surface area (Å²) in [6.45, 7) is 4.54. The van der Waals surface area contributed by atoms with Crippen molar-refractivity contribution in [2.24, 2.45) is 0 Å². The second-order valence-electron chi connectivity index (χ2n) is 4.72. The molecule has 2 aromatic rings. The van der Waals surface area contributed by atoms with Gasteiger partial charge in [0.25, 0.3) is 0 Å². The molecule has 2 rings (SSSR count). The fourth-order valence-electron chi connectivity index (χ4n) is 1.96. The van der Waals surface area contributed by atoms with Crippen LogP contribution in [0.25, 0.3) is 0 Å². The minimum absolute atomic E-state index is 0.0864. The summed E-state index contributed by atoms with van der Waals surface area (Å²) in [5.74, 6) is -0.464. The molecule has 19 heavy (non-hydrogen) atoms. The lowest BCUT2D eigenvalue weighted by molar-refractivity contribution is 0.565. The molecule has 0 aliphatic carbocycles. The minimum Gasteiger partial charge on any atom is -0.306 e. The fourth-order valence-corrected chi connectivity index (χ4v) is 1.96. The number of benzene rings is 2. The lowest BCUT2D eigenvalue weighted by Gasteiger charge is -2.15. The Morgan fingerprint density at radius 3 is 2.32 bits per heavy atom. The van der Waals surface area contributed by atoms with Crippen molar-refractivity contribution in [1.82, 2.24) is 5.32 Å². The SMILES string of the molecule is Cc1ccc(F)cc1CN[C@@H](C)c1ccc(F)cc1. The number of hydrogen-bond donors (Lipinski definition) is 1. The average Bonchev–Trinajstić information content (AvgIpc) is 2.40. The molecule has 0 amide bonds. The summed E-state index contributed by atoms with van der Waals surface area (Å²) in [6.07, 6.45) is 0. The highest BCUT2D eigenvalue weighted by Crippen LogP contribution is 2.15. The summed E-state index contributed by atoms with van der Waals surface area (Å²) in [5.41, 5.74) is 3.00. The maximum atomic E-state index is 13.2. The van der Waals surface area contributed by atoms with Crippen LogP contribution in [0.1, 0.15) is 29.7 Å². The van der Waals surface area contributed by atoms with Gasteiger partial charge in [-0.2, -0.15) is 0 Å². The van der Waals surface area contributed by atoms with E-state index in [0.717, 1.165) is 16.7 Å². The Morgan fingerprint density at radius 2 is 1.63 bits per heavy atom. The Balaban J connectivity index is 2.02. The molecule has 0 saturated heterocycles. The highest BCUT2D eigenvalue weighted by atomic mass is 19.1. The van der Waals surface area contributed by atoms with E-state index < -0.39 is 0 Å². The van der Waals surface area contributed by atoms with Crippen molar-refractivity contribution >= 4 is 0 Å². The largest absolute Gasteiger partial charge is 0.306 e. The van der Waals surface area contributed by atoms with E-state index in [9.17, 15) is 8.78 Å². The van der Waals surface area contributed by atoms with Gasteiger partial charge in [0.2, 0.25) is 0 Å². The molecule has 0 fully saturated rings. The molecular weight excluding hydrogens is 244 g/mol. The van der Waals surface area contributed by atoms with Gasteiger partial charge in [-0.3, -0.25) is 0 Å². The van der Waals surface area contributed by atoms with Crippen LogP contribution in [0.5, 0.6) is 0 Å². The van der Waals surface area contributed by atoms with E-state index in [1.807, 2.05) is 13.8 Å². The van der Waals surface area contributed by atoms with E-state index >= 15 is 0 Å². The van der Waals surface area contributed by atoms with Crippen LogP contribution in [0.4, 0.5) is 8.78 Å². The Labute approximate surface area is 112 Å². The standard InChI is InChI=1S/C16H17F2N/c1-11-3-6-16(18)9-14(11)10-19-12(2)13-4-7-15(17)8-5-13/h3-9,12,19H,10H2,1-2H3/t12-/m0/s1. The van der Waals surface area contributed by atoms with Crippen LogP contribution in [0.3, 0.4) is 0 Å². The highest BCUT2D eigenvalue weighted by molar-refractivity contribution is 5.27. The lowest BCUT2D eigenvalue weighted by atomic mass is 10.1. The third-order valence-corrected chi connectivity index (χ3v) is 3.28. The molecule has 0 radical (unpaired) electrons. The summed E-state index contributed by atoms with van der Waals surface area (Å²) in [6, 6.07) is 11.3. The molecule has 2 aromatic carbocycles. The quantitative estimate of drug-likeness (QED) is 0.872. The average molecular weight is 261 g/mol. The highest BCUT2D eigenvalue weighted by Gasteiger charge is 2.06. The number of hydrogen-bond acceptors (Lipinski definition) is 1. The molecule has 0 aromatic heterocycles. The van der Waals surface area contributed by atoms with Crippen molar-refractivity contribution in [3.8, 4) is 0 Å². The van der Waals surface area contributed by atoms with Crippen molar-refractivity contribution in [1.29, 1.82) is 0 Å². The van der Waals surface area contributed by atoms with E-state index in [2.05, 4.69) is 5.32 Å². The van der Waals surface area contributed by atoms with Gasteiger partial charge >= 0.3 is 0 Å². The van der Waals surface area contributed by atoms with Crippen LogP contribution < -0.4 is 5.32 Å². The van der Waals surface area contributed by atoms with E-state index in [0.29, 0.717) is 6.54 Å². The maximum absolute atomic E-state index is 13.2. The first-order valence-electron chi connectivity index (χ1n) is 6.30. The molecule has 1 nitrogen and oxygen atoms in total. The monoisotopic (exact) mass is 261 g/mol. The van der Waals surface area contributed by atoms with Crippen molar-refractivity contribution in [2.45, 2.75) is 26.4 Å². The van der Waals surface area contributed by atoms with Crippen LogP contribution in [-0.2, 0) is 6.54 Å². The zero-order valence-corrected chi connectivity index (χ0v) is 11.1. The van der Waals surface area contributed by atoms with Gasteiger partial charge in [0, 0.05) is 12.6 Å². The lowest BCUT2D eigenvalue weighted by Crippen LogP contribution is -2.18. The molecule has 0 heterocycles. The van der Waals surface area contributed by atoms with Crippen LogP contribution >= 0.6 is 0 Å². The van der Waals surface area contributed by atoms with Gasteiger partial charge in [0.15, 0.2) is 0 Å². The van der Waals surface area contributed by atoms with Crippen molar-refractivity contribution < 1.29 is 8.78 Å². The zero-order valence-electron chi connectivity index (χ0n) is 11.1. The van der Waals surface area contributed by atoms with Crippen molar-refractivity contribution in [3.05, 3.63) is 70.8 Å². The van der Waals surface area contributed by atoms with Gasteiger partial charge in [0.05, 0.1) is 0 Å². The molecule has 3 heteroatoms. The second kappa shape index (κ2) is 5.93. The summed E-state index contributed by atoms with van der Waals surface area (Å²) < 4.78 is 26.0. The molecule has 0 aliphatic rings. The van der Waals surface area contributed by atoms with Gasteiger partial charge in [-0.1, -0.05) is 18.2 Å². The van der Waals surface area contributed by atoms with Crippen LogP contribution in [0, 0.1) is 18.6 Å². The van der Waals surface area contributed by atoms with Crippen molar-refractivity contribution in [2.75, 3.05) is 0 Å². The number of rotatable bonds is 4. The Hall–Kier alpha value is -1.74. The molecule has 0 spiro atoms. The van der Waals surface area contributed by atoms with E-state index in [1.165, 1.54) is 18.2 Å². The molecule has 0 saturated carbocycles. The van der Waals surface area contributed by atoms with Gasteiger partial charge in [-0.15, -0.1) is 0 Å². The Kier molecular flexibility index (Phi) is 4.27. The Morgan fingerprint density at radius 1 is 1.00 bits per heavy atom.